The molecule has 33 heavy (non-hydrogen) atoms. The Labute approximate surface area is 194 Å². The SMILES string of the molecule is Cc1ccc(C)n1-c1cccc(C(=O)N/N=C/c2cccc(Oc3nc(Cl)ncc3F)c2)c1. The standard InChI is InChI=1S/C24H19ClFN5O2/c1-15-9-10-16(2)31(15)19-7-4-6-18(12-19)22(32)30-28-13-17-5-3-8-20(11-17)33-23-21(26)14-27-24(25)29-23/h3-14H,1-2H3,(H,30,32)/b28-13+. The lowest BCUT2D eigenvalue weighted by atomic mass is 10.2. The first-order valence-electron chi connectivity index (χ1n) is 9.95. The smallest absolute Gasteiger partial charge is 0.271 e. The van der Waals surface area contributed by atoms with Crippen molar-refractivity contribution in [3.63, 3.8) is 0 Å². The van der Waals surface area contributed by atoms with Crippen molar-refractivity contribution in [1.82, 2.24) is 20.0 Å². The van der Waals surface area contributed by atoms with Crippen molar-refractivity contribution in [2.45, 2.75) is 13.8 Å². The molecule has 166 valence electrons. The lowest BCUT2D eigenvalue weighted by Crippen LogP contribution is -2.18. The maximum Gasteiger partial charge on any atom is 0.271 e. The summed E-state index contributed by atoms with van der Waals surface area (Å²) in [6, 6.07) is 18.0. The Hall–Kier alpha value is -4.04. The highest BCUT2D eigenvalue weighted by Gasteiger charge is 2.10. The molecule has 9 heteroatoms. The summed E-state index contributed by atoms with van der Waals surface area (Å²) in [6.45, 7) is 4.02. The van der Waals surface area contributed by atoms with E-state index in [1.54, 1.807) is 36.4 Å². The molecular weight excluding hydrogens is 445 g/mol. The van der Waals surface area contributed by atoms with Crippen LogP contribution in [0.3, 0.4) is 0 Å². The van der Waals surface area contributed by atoms with Crippen LogP contribution in [0.1, 0.15) is 27.3 Å². The molecule has 0 saturated carbocycles. The maximum absolute atomic E-state index is 13.8. The van der Waals surface area contributed by atoms with E-state index in [4.69, 9.17) is 16.3 Å². The zero-order valence-corrected chi connectivity index (χ0v) is 18.5. The molecular formula is C24H19ClFN5O2. The summed E-state index contributed by atoms with van der Waals surface area (Å²) in [5, 5.41) is 3.89. The Balaban J connectivity index is 1.44. The predicted octanol–water partition coefficient (Wildman–Crippen LogP) is 5.23. The third kappa shape index (κ3) is 5.24. The molecule has 1 N–H and O–H groups in total. The Morgan fingerprint density at radius 2 is 1.88 bits per heavy atom. The number of rotatable bonds is 6. The number of hydrogen-bond acceptors (Lipinski definition) is 5. The van der Waals surface area contributed by atoms with Gasteiger partial charge in [-0.2, -0.15) is 14.5 Å². The normalized spacial score (nSPS) is 11.0. The summed E-state index contributed by atoms with van der Waals surface area (Å²) < 4.78 is 21.3. The number of hydrogen-bond donors (Lipinski definition) is 1. The monoisotopic (exact) mass is 463 g/mol. The summed E-state index contributed by atoms with van der Waals surface area (Å²) in [6.07, 6.45) is 2.39. The number of nitrogens with one attached hydrogen (secondary N) is 1. The molecule has 2 aromatic carbocycles. The summed E-state index contributed by atoms with van der Waals surface area (Å²) in [5.74, 6) is -1.05. The van der Waals surface area contributed by atoms with Crippen LogP contribution < -0.4 is 10.2 Å². The van der Waals surface area contributed by atoms with Crippen LogP contribution in [-0.4, -0.2) is 26.7 Å². The quantitative estimate of drug-likeness (QED) is 0.241. The molecule has 2 heterocycles. The number of carbonyl (C=O) groups excluding carboxylic acids is 1. The molecule has 1 amide bonds. The minimum Gasteiger partial charge on any atom is -0.436 e. The van der Waals surface area contributed by atoms with Crippen LogP contribution in [0.25, 0.3) is 5.69 Å². The van der Waals surface area contributed by atoms with Gasteiger partial charge in [0.1, 0.15) is 5.75 Å². The average Bonchev–Trinajstić information content (AvgIpc) is 3.14. The van der Waals surface area contributed by atoms with Crippen LogP contribution in [-0.2, 0) is 0 Å². The first kappa shape index (κ1) is 22.2. The van der Waals surface area contributed by atoms with E-state index in [2.05, 4.69) is 25.1 Å². The highest BCUT2D eigenvalue weighted by Crippen LogP contribution is 2.23. The molecule has 7 nitrogen and oxygen atoms in total. The first-order valence-corrected chi connectivity index (χ1v) is 10.3. The van der Waals surface area contributed by atoms with Gasteiger partial charge in [0.05, 0.1) is 12.4 Å². The fourth-order valence-corrected chi connectivity index (χ4v) is 3.39. The van der Waals surface area contributed by atoms with Gasteiger partial charge in [-0.1, -0.05) is 18.2 Å². The number of benzene rings is 2. The largest absolute Gasteiger partial charge is 0.436 e. The van der Waals surface area contributed by atoms with Gasteiger partial charge in [0.15, 0.2) is 0 Å². The number of ether oxygens (including phenoxy) is 1. The minimum atomic E-state index is -0.738. The number of amides is 1. The van der Waals surface area contributed by atoms with E-state index in [-0.39, 0.29) is 17.1 Å². The van der Waals surface area contributed by atoms with Gasteiger partial charge in [-0.25, -0.2) is 10.4 Å². The summed E-state index contributed by atoms with van der Waals surface area (Å²) in [7, 11) is 0. The van der Waals surface area contributed by atoms with Crippen LogP contribution in [0.2, 0.25) is 5.28 Å². The van der Waals surface area contributed by atoms with Gasteiger partial charge in [-0.15, -0.1) is 0 Å². The van der Waals surface area contributed by atoms with Crippen molar-refractivity contribution >= 4 is 23.7 Å². The van der Waals surface area contributed by atoms with Gasteiger partial charge in [0.25, 0.3) is 11.8 Å². The maximum atomic E-state index is 13.8. The van der Waals surface area contributed by atoms with Gasteiger partial charge >= 0.3 is 0 Å². The molecule has 4 rings (SSSR count). The van der Waals surface area contributed by atoms with E-state index in [9.17, 15) is 9.18 Å². The Bertz CT molecular complexity index is 1330. The molecule has 0 unspecified atom stereocenters. The first-order chi connectivity index (χ1) is 15.9. The van der Waals surface area contributed by atoms with Gasteiger partial charge in [-0.05, 0) is 73.5 Å². The van der Waals surface area contributed by atoms with Crippen molar-refractivity contribution in [3.05, 3.63) is 100 Å². The highest BCUT2D eigenvalue weighted by atomic mass is 35.5. The zero-order chi connectivity index (χ0) is 23.4. The third-order valence-electron chi connectivity index (χ3n) is 4.77. The van der Waals surface area contributed by atoms with Crippen LogP contribution in [0.15, 0.2) is 72.0 Å². The number of aromatic nitrogens is 3. The molecule has 0 radical (unpaired) electrons. The number of carbonyl (C=O) groups is 1. The molecule has 0 atom stereocenters. The van der Waals surface area contributed by atoms with Crippen LogP contribution in [0.5, 0.6) is 11.6 Å². The van der Waals surface area contributed by atoms with Crippen molar-refractivity contribution in [3.8, 4) is 17.3 Å². The minimum absolute atomic E-state index is 0.127. The van der Waals surface area contributed by atoms with E-state index in [1.807, 2.05) is 38.1 Å². The molecule has 0 spiro atoms. The van der Waals surface area contributed by atoms with Crippen molar-refractivity contribution < 1.29 is 13.9 Å². The van der Waals surface area contributed by atoms with Crippen LogP contribution >= 0.6 is 11.6 Å². The number of aryl methyl sites for hydroxylation is 2. The number of halogens is 2. The molecule has 0 aliphatic heterocycles. The van der Waals surface area contributed by atoms with E-state index in [0.717, 1.165) is 23.3 Å². The zero-order valence-electron chi connectivity index (χ0n) is 17.8. The fourth-order valence-electron chi connectivity index (χ4n) is 3.26. The summed E-state index contributed by atoms with van der Waals surface area (Å²) >= 11 is 5.69. The lowest BCUT2D eigenvalue weighted by Gasteiger charge is -2.10. The number of nitrogens with zero attached hydrogens (tertiary/aromatic N) is 4. The molecule has 0 bridgehead atoms. The third-order valence-corrected chi connectivity index (χ3v) is 4.95. The fraction of sp³-hybridized carbons (Fsp3) is 0.0833. The summed E-state index contributed by atoms with van der Waals surface area (Å²) in [5.41, 5.74) is 6.67. The van der Waals surface area contributed by atoms with Gasteiger partial charge in [-0.3, -0.25) is 4.79 Å². The molecule has 0 fully saturated rings. The predicted molar refractivity (Wildman–Crippen MR) is 124 cm³/mol. The van der Waals surface area contributed by atoms with Crippen molar-refractivity contribution in [2.75, 3.05) is 0 Å². The lowest BCUT2D eigenvalue weighted by molar-refractivity contribution is 0.0955. The van der Waals surface area contributed by atoms with E-state index in [1.165, 1.54) is 6.21 Å². The van der Waals surface area contributed by atoms with Crippen LogP contribution in [0.4, 0.5) is 4.39 Å². The number of hydrazone groups is 1. The second-order valence-electron chi connectivity index (χ2n) is 7.17. The van der Waals surface area contributed by atoms with E-state index in [0.29, 0.717) is 16.9 Å². The van der Waals surface area contributed by atoms with Crippen molar-refractivity contribution in [1.29, 1.82) is 0 Å². The second-order valence-corrected chi connectivity index (χ2v) is 7.51. The average molecular weight is 464 g/mol. The second kappa shape index (κ2) is 9.62. The van der Waals surface area contributed by atoms with Crippen molar-refractivity contribution in [2.24, 2.45) is 5.10 Å². The van der Waals surface area contributed by atoms with E-state index < -0.39 is 5.82 Å². The Kier molecular flexibility index (Phi) is 6.46. The van der Waals surface area contributed by atoms with Gasteiger partial charge in [0, 0.05) is 22.6 Å². The summed E-state index contributed by atoms with van der Waals surface area (Å²) in [4.78, 5) is 19.8. The van der Waals surface area contributed by atoms with E-state index >= 15 is 0 Å². The van der Waals surface area contributed by atoms with Gasteiger partial charge in [0.2, 0.25) is 11.1 Å². The molecule has 0 saturated heterocycles. The highest BCUT2D eigenvalue weighted by molar-refractivity contribution is 6.28. The molecule has 0 aliphatic carbocycles. The Morgan fingerprint density at radius 3 is 2.67 bits per heavy atom. The van der Waals surface area contributed by atoms with Gasteiger partial charge < -0.3 is 9.30 Å². The molecule has 2 aromatic heterocycles. The Morgan fingerprint density at radius 1 is 1.12 bits per heavy atom. The van der Waals surface area contributed by atoms with Crippen LogP contribution in [0, 0.1) is 19.7 Å². The molecule has 0 aliphatic rings. The molecule has 4 aromatic rings. The topological polar surface area (TPSA) is 81.4 Å².